The summed E-state index contributed by atoms with van der Waals surface area (Å²) in [6.07, 6.45) is 1.82. The summed E-state index contributed by atoms with van der Waals surface area (Å²) in [7, 11) is 1.83. The Morgan fingerprint density at radius 3 is 2.75 bits per heavy atom. The quantitative estimate of drug-likeness (QED) is 0.835. The van der Waals surface area contributed by atoms with Gasteiger partial charge in [0.05, 0.1) is 12.2 Å². The van der Waals surface area contributed by atoms with Crippen LogP contribution in [0.15, 0.2) is 30.3 Å². The smallest absolute Gasteiger partial charge is 0.407 e. The zero-order chi connectivity index (χ0) is 19.7. The average Bonchev–Trinajstić information content (AvgIpc) is 3.08. The molecule has 1 spiro atoms. The SMILES string of the molecule is Cc1nn(C)c(NC(=O)N2CCC[C@@]3(CC2)CNC(=O)O3)c1-c1ccccc1. The minimum absolute atomic E-state index is 0.158. The molecule has 2 aliphatic rings. The first-order chi connectivity index (χ1) is 13.5. The summed E-state index contributed by atoms with van der Waals surface area (Å²) in [6, 6.07) is 9.77. The number of anilines is 1. The molecular weight excluding hydrogens is 358 g/mol. The molecule has 8 nitrogen and oxygen atoms in total. The maximum atomic E-state index is 13.0. The number of amides is 3. The number of nitrogens with zero attached hydrogens (tertiary/aromatic N) is 3. The van der Waals surface area contributed by atoms with Gasteiger partial charge < -0.3 is 15.0 Å². The zero-order valence-corrected chi connectivity index (χ0v) is 16.2. The molecule has 148 valence electrons. The Kier molecular flexibility index (Phi) is 4.70. The second-order valence-corrected chi connectivity index (χ2v) is 7.50. The van der Waals surface area contributed by atoms with Crippen LogP contribution in [0.2, 0.25) is 0 Å². The van der Waals surface area contributed by atoms with Crippen LogP contribution in [0.3, 0.4) is 0 Å². The Labute approximate surface area is 163 Å². The van der Waals surface area contributed by atoms with Crippen LogP contribution in [-0.4, -0.2) is 52.0 Å². The van der Waals surface area contributed by atoms with Crippen molar-refractivity contribution in [2.24, 2.45) is 7.05 Å². The van der Waals surface area contributed by atoms with Gasteiger partial charge in [-0.1, -0.05) is 30.3 Å². The number of carbonyl (C=O) groups is 2. The van der Waals surface area contributed by atoms with E-state index in [2.05, 4.69) is 15.7 Å². The number of aromatic nitrogens is 2. The van der Waals surface area contributed by atoms with E-state index in [0.717, 1.165) is 29.7 Å². The number of carbonyl (C=O) groups excluding carboxylic acids is 2. The molecule has 0 aliphatic carbocycles. The van der Waals surface area contributed by atoms with Crippen molar-refractivity contribution in [3.63, 3.8) is 0 Å². The lowest BCUT2D eigenvalue weighted by Crippen LogP contribution is -2.38. The number of aryl methyl sites for hydroxylation is 2. The van der Waals surface area contributed by atoms with E-state index in [1.165, 1.54) is 0 Å². The molecule has 0 bridgehead atoms. The molecule has 0 saturated carbocycles. The minimum Gasteiger partial charge on any atom is -0.441 e. The number of hydrogen-bond acceptors (Lipinski definition) is 4. The average molecular weight is 383 g/mol. The van der Waals surface area contributed by atoms with Gasteiger partial charge in [-0.15, -0.1) is 0 Å². The predicted molar refractivity (Wildman–Crippen MR) is 105 cm³/mol. The number of nitrogens with one attached hydrogen (secondary N) is 2. The van der Waals surface area contributed by atoms with Crippen molar-refractivity contribution in [2.75, 3.05) is 25.0 Å². The molecule has 4 rings (SSSR count). The number of alkyl carbamates (subject to hydrolysis) is 1. The van der Waals surface area contributed by atoms with Gasteiger partial charge >= 0.3 is 12.1 Å². The minimum atomic E-state index is -0.482. The monoisotopic (exact) mass is 383 g/mol. The molecule has 2 aliphatic heterocycles. The molecule has 3 amide bonds. The third kappa shape index (κ3) is 3.42. The lowest BCUT2D eigenvalue weighted by atomic mass is 9.95. The molecule has 2 aromatic rings. The highest BCUT2D eigenvalue weighted by Gasteiger charge is 2.42. The van der Waals surface area contributed by atoms with Crippen molar-refractivity contribution >= 4 is 17.9 Å². The van der Waals surface area contributed by atoms with Crippen molar-refractivity contribution in [1.82, 2.24) is 20.0 Å². The van der Waals surface area contributed by atoms with Crippen LogP contribution in [0.5, 0.6) is 0 Å². The van der Waals surface area contributed by atoms with Gasteiger partial charge in [-0.05, 0) is 25.3 Å². The lowest BCUT2D eigenvalue weighted by Gasteiger charge is -2.25. The highest BCUT2D eigenvalue weighted by atomic mass is 16.6. The van der Waals surface area contributed by atoms with Crippen LogP contribution < -0.4 is 10.6 Å². The van der Waals surface area contributed by atoms with E-state index in [9.17, 15) is 9.59 Å². The number of benzene rings is 1. The standard InChI is InChI=1S/C20H25N5O3/c1-14-16(15-7-4-3-5-8-15)17(24(2)23-14)22-18(26)25-11-6-9-20(10-12-25)13-21-19(27)28-20/h3-5,7-8H,6,9-13H2,1-2H3,(H,21,27)(H,22,26)/t20-/m1/s1. The maximum absolute atomic E-state index is 13.0. The Morgan fingerprint density at radius 2 is 2.04 bits per heavy atom. The fourth-order valence-electron chi connectivity index (χ4n) is 4.08. The molecule has 0 unspecified atom stereocenters. The molecular formula is C20H25N5O3. The molecule has 1 aromatic heterocycles. The van der Waals surface area contributed by atoms with Crippen LogP contribution in [0.25, 0.3) is 11.1 Å². The van der Waals surface area contributed by atoms with Crippen molar-refractivity contribution in [2.45, 2.75) is 31.8 Å². The summed E-state index contributed by atoms with van der Waals surface area (Å²) >= 11 is 0. The molecule has 2 N–H and O–H groups in total. The van der Waals surface area contributed by atoms with E-state index < -0.39 is 5.60 Å². The van der Waals surface area contributed by atoms with Gasteiger partial charge in [0.25, 0.3) is 0 Å². The normalized spacial score (nSPS) is 21.9. The van der Waals surface area contributed by atoms with E-state index in [1.54, 1.807) is 9.58 Å². The Morgan fingerprint density at radius 1 is 1.25 bits per heavy atom. The Hall–Kier alpha value is -3.03. The third-order valence-electron chi connectivity index (χ3n) is 5.56. The number of rotatable bonds is 2. The fraction of sp³-hybridized carbons (Fsp3) is 0.450. The van der Waals surface area contributed by atoms with Crippen molar-refractivity contribution in [1.29, 1.82) is 0 Å². The molecule has 3 heterocycles. The Balaban J connectivity index is 1.51. The summed E-state index contributed by atoms with van der Waals surface area (Å²) in [5.41, 5.74) is 2.33. The topological polar surface area (TPSA) is 88.5 Å². The van der Waals surface area contributed by atoms with E-state index in [0.29, 0.717) is 31.9 Å². The van der Waals surface area contributed by atoms with Crippen molar-refractivity contribution in [3.05, 3.63) is 36.0 Å². The molecule has 1 aromatic carbocycles. The second kappa shape index (κ2) is 7.18. The van der Waals surface area contributed by atoms with Crippen LogP contribution in [-0.2, 0) is 11.8 Å². The van der Waals surface area contributed by atoms with E-state index in [1.807, 2.05) is 44.3 Å². The summed E-state index contributed by atoms with van der Waals surface area (Å²) in [5.74, 6) is 0.682. The number of ether oxygens (including phenoxy) is 1. The van der Waals surface area contributed by atoms with Gasteiger partial charge in [-0.3, -0.25) is 10.00 Å². The van der Waals surface area contributed by atoms with Gasteiger partial charge in [-0.25, -0.2) is 9.59 Å². The molecule has 0 radical (unpaired) electrons. The van der Waals surface area contributed by atoms with Crippen LogP contribution in [0.1, 0.15) is 25.0 Å². The molecule has 2 fully saturated rings. The first-order valence-corrected chi connectivity index (χ1v) is 9.59. The van der Waals surface area contributed by atoms with Gasteiger partial charge in [0.15, 0.2) is 0 Å². The highest BCUT2D eigenvalue weighted by molar-refractivity contribution is 5.93. The number of hydrogen-bond donors (Lipinski definition) is 2. The van der Waals surface area contributed by atoms with Crippen LogP contribution in [0, 0.1) is 6.92 Å². The van der Waals surface area contributed by atoms with Crippen LogP contribution in [0.4, 0.5) is 15.4 Å². The molecule has 2 saturated heterocycles. The highest BCUT2D eigenvalue weighted by Crippen LogP contribution is 2.32. The summed E-state index contributed by atoms with van der Waals surface area (Å²) in [6.45, 7) is 3.62. The lowest BCUT2D eigenvalue weighted by molar-refractivity contribution is 0.0454. The van der Waals surface area contributed by atoms with Gasteiger partial charge in [0.2, 0.25) is 0 Å². The predicted octanol–water partition coefficient (Wildman–Crippen LogP) is 2.89. The Bertz CT molecular complexity index is 895. The molecule has 1 atom stereocenters. The number of urea groups is 1. The second-order valence-electron chi connectivity index (χ2n) is 7.50. The van der Waals surface area contributed by atoms with Gasteiger partial charge in [0.1, 0.15) is 11.4 Å². The van der Waals surface area contributed by atoms with Crippen molar-refractivity contribution in [3.8, 4) is 11.1 Å². The summed E-state index contributed by atoms with van der Waals surface area (Å²) < 4.78 is 7.20. The first-order valence-electron chi connectivity index (χ1n) is 9.59. The molecule has 28 heavy (non-hydrogen) atoms. The van der Waals surface area contributed by atoms with E-state index >= 15 is 0 Å². The van der Waals surface area contributed by atoms with Gasteiger partial charge in [-0.2, -0.15) is 5.10 Å². The molecule has 8 heteroatoms. The summed E-state index contributed by atoms with van der Waals surface area (Å²) in [4.78, 5) is 26.2. The third-order valence-corrected chi connectivity index (χ3v) is 5.56. The van der Waals surface area contributed by atoms with E-state index in [4.69, 9.17) is 4.74 Å². The fourth-order valence-corrected chi connectivity index (χ4v) is 4.08. The number of likely N-dealkylation sites (tertiary alicyclic amines) is 1. The summed E-state index contributed by atoms with van der Waals surface area (Å²) in [5, 5.41) is 10.3. The zero-order valence-electron chi connectivity index (χ0n) is 16.2. The van der Waals surface area contributed by atoms with Crippen molar-refractivity contribution < 1.29 is 14.3 Å². The largest absolute Gasteiger partial charge is 0.441 e. The van der Waals surface area contributed by atoms with Gasteiger partial charge in [0, 0.05) is 32.1 Å². The maximum Gasteiger partial charge on any atom is 0.407 e. The van der Waals surface area contributed by atoms with E-state index in [-0.39, 0.29) is 12.1 Å². The van der Waals surface area contributed by atoms with Crippen LogP contribution >= 0.6 is 0 Å². The first kappa shape index (κ1) is 18.3.